The van der Waals surface area contributed by atoms with Gasteiger partial charge in [-0.1, -0.05) is 6.07 Å². The molecule has 1 aliphatic heterocycles. The molecule has 72 valence electrons. The lowest BCUT2D eigenvalue weighted by Gasteiger charge is -2.27. The maximum atomic E-state index is 4.24. The molecule has 0 amide bonds. The van der Waals surface area contributed by atoms with E-state index in [1.54, 1.807) is 0 Å². The van der Waals surface area contributed by atoms with Crippen molar-refractivity contribution in [2.75, 3.05) is 13.1 Å². The second kappa shape index (κ2) is 2.82. The van der Waals surface area contributed by atoms with Crippen LogP contribution in [0.25, 0.3) is 10.9 Å². The van der Waals surface area contributed by atoms with Crippen LogP contribution in [0.1, 0.15) is 11.5 Å². The maximum absolute atomic E-state index is 4.24. The number of hydrogen-bond acceptors (Lipinski definition) is 2. The van der Waals surface area contributed by atoms with Gasteiger partial charge in [0.1, 0.15) is 0 Å². The van der Waals surface area contributed by atoms with Gasteiger partial charge in [0.05, 0.1) is 11.7 Å². The van der Waals surface area contributed by atoms with E-state index in [2.05, 4.69) is 28.6 Å². The summed E-state index contributed by atoms with van der Waals surface area (Å²) in [5.41, 5.74) is 2.64. The lowest BCUT2D eigenvalue weighted by molar-refractivity contribution is 0.449. The van der Waals surface area contributed by atoms with Crippen LogP contribution in [0.3, 0.4) is 0 Å². The zero-order valence-electron chi connectivity index (χ0n) is 8.20. The third-order valence-corrected chi connectivity index (χ3v) is 3.02. The summed E-state index contributed by atoms with van der Waals surface area (Å²) >= 11 is 0. The highest BCUT2D eigenvalue weighted by Gasteiger charge is 2.18. The second-order valence-corrected chi connectivity index (χ2v) is 3.94. The Morgan fingerprint density at radius 3 is 3.00 bits per heavy atom. The molecule has 0 atom stereocenters. The third kappa shape index (κ3) is 1.06. The summed E-state index contributed by atoms with van der Waals surface area (Å²) in [4.78, 5) is 0. The Morgan fingerprint density at radius 2 is 2.29 bits per heavy atom. The zero-order chi connectivity index (χ0) is 9.54. The number of aryl methyl sites for hydroxylation is 1. The molecule has 1 aliphatic rings. The van der Waals surface area contributed by atoms with Crippen LogP contribution in [0.2, 0.25) is 0 Å². The number of nitrogens with one attached hydrogen (secondary N) is 1. The first-order chi connectivity index (χ1) is 6.84. The highest BCUT2D eigenvalue weighted by molar-refractivity contribution is 5.79. The SMILES string of the molecule is Cn1ncc2cc(C3CNC3)ccc21. The zero-order valence-corrected chi connectivity index (χ0v) is 8.20. The summed E-state index contributed by atoms with van der Waals surface area (Å²) in [5.74, 6) is 0.708. The van der Waals surface area contributed by atoms with Crippen LogP contribution in [0.4, 0.5) is 0 Å². The van der Waals surface area contributed by atoms with Crippen LogP contribution in [0.5, 0.6) is 0 Å². The molecule has 1 aromatic carbocycles. The average Bonchev–Trinajstić information content (AvgIpc) is 2.45. The summed E-state index contributed by atoms with van der Waals surface area (Å²) in [5, 5.41) is 8.78. The van der Waals surface area contributed by atoms with Crippen molar-refractivity contribution in [3.8, 4) is 0 Å². The molecule has 0 radical (unpaired) electrons. The van der Waals surface area contributed by atoms with E-state index in [9.17, 15) is 0 Å². The minimum Gasteiger partial charge on any atom is -0.315 e. The molecule has 14 heavy (non-hydrogen) atoms. The molecule has 0 spiro atoms. The quantitative estimate of drug-likeness (QED) is 0.728. The van der Waals surface area contributed by atoms with Crippen molar-refractivity contribution in [3.63, 3.8) is 0 Å². The number of aromatic nitrogens is 2. The molecule has 0 aliphatic carbocycles. The summed E-state index contributed by atoms with van der Waals surface area (Å²) in [6.07, 6.45) is 1.94. The monoisotopic (exact) mass is 187 g/mol. The van der Waals surface area contributed by atoms with Gasteiger partial charge in [-0.2, -0.15) is 5.10 Å². The van der Waals surface area contributed by atoms with Crippen LogP contribution in [0.15, 0.2) is 24.4 Å². The molecular weight excluding hydrogens is 174 g/mol. The van der Waals surface area contributed by atoms with Gasteiger partial charge in [0.2, 0.25) is 0 Å². The van der Waals surface area contributed by atoms with Gasteiger partial charge in [-0.05, 0) is 17.7 Å². The van der Waals surface area contributed by atoms with Crippen LogP contribution < -0.4 is 5.32 Å². The van der Waals surface area contributed by atoms with Gasteiger partial charge in [-0.25, -0.2) is 0 Å². The molecule has 3 rings (SSSR count). The fraction of sp³-hybridized carbons (Fsp3) is 0.364. The number of rotatable bonds is 1. The molecule has 0 bridgehead atoms. The molecule has 0 unspecified atom stereocenters. The second-order valence-electron chi connectivity index (χ2n) is 3.94. The highest BCUT2D eigenvalue weighted by Crippen LogP contribution is 2.23. The molecule has 0 saturated carbocycles. The van der Waals surface area contributed by atoms with E-state index in [1.165, 1.54) is 16.5 Å². The average molecular weight is 187 g/mol. The summed E-state index contributed by atoms with van der Waals surface area (Å²) in [7, 11) is 1.98. The van der Waals surface area contributed by atoms with E-state index in [4.69, 9.17) is 0 Å². The number of benzene rings is 1. The van der Waals surface area contributed by atoms with Crippen molar-refractivity contribution >= 4 is 10.9 Å². The fourth-order valence-corrected chi connectivity index (χ4v) is 1.96. The predicted octanol–water partition coefficient (Wildman–Crippen LogP) is 1.26. The van der Waals surface area contributed by atoms with Crippen molar-refractivity contribution in [2.24, 2.45) is 7.05 Å². The molecule has 2 aromatic rings. The molecule has 2 heterocycles. The Morgan fingerprint density at radius 1 is 1.43 bits per heavy atom. The molecular formula is C11H13N3. The largest absolute Gasteiger partial charge is 0.315 e. The van der Waals surface area contributed by atoms with Crippen LogP contribution in [-0.2, 0) is 7.05 Å². The topological polar surface area (TPSA) is 29.9 Å². The Kier molecular flexibility index (Phi) is 1.61. The van der Waals surface area contributed by atoms with E-state index < -0.39 is 0 Å². The van der Waals surface area contributed by atoms with E-state index in [0.29, 0.717) is 5.92 Å². The van der Waals surface area contributed by atoms with Crippen molar-refractivity contribution in [2.45, 2.75) is 5.92 Å². The third-order valence-electron chi connectivity index (χ3n) is 3.02. The lowest BCUT2D eigenvalue weighted by atomic mass is 9.93. The Bertz CT molecular complexity index is 468. The molecule has 1 aromatic heterocycles. The molecule has 1 fully saturated rings. The molecule has 3 nitrogen and oxygen atoms in total. The highest BCUT2D eigenvalue weighted by atomic mass is 15.2. The van der Waals surface area contributed by atoms with Gasteiger partial charge in [0, 0.05) is 31.4 Å². The first-order valence-corrected chi connectivity index (χ1v) is 4.97. The lowest BCUT2D eigenvalue weighted by Crippen LogP contribution is -2.39. The minimum atomic E-state index is 0.708. The number of nitrogens with zero attached hydrogens (tertiary/aromatic N) is 2. The summed E-state index contributed by atoms with van der Waals surface area (Å²) < 4.78 is 1.91. The normalized spacial score (nSPS) is 17.2. The van der Waals surface area contributed by atoms with Gasteiger partial charge < -0.3 is 5.32 Å². The van der Waals surface area contributed by atoms with Crippen molar-refractivity contribution in [1.82, 2.24) is 15.1 Å². The standard InChI is InChI=1S/C11H13N3/c1-14-11-3-2-8(10-5-12-6-10)4-9(11)7-13-14/h2-4,7,10,12H,5-6H2,1H3. The van der Waals surface area contributed by atoms with Gasteiger partial charge in [0.25, 0.3) is 0 Å². The van der Waals surface area contributed by atoms with Crippen molar-refractivity contribution < 1.29 is 0 Å². The van der Waals surface area contributed by atoms with Gasteiger partial charge in [0.15, 0.2) is 0 Å². The molecule has 1 N–H and O–H groups in total. The first-order valence-electron chi connectivity index (χ1n) is 4.97. The van der Waals surface area contributed by atoms with Crippen molar-refractivity contribution in [1.29, 1.82) is 0 Å². The van der Waals surface area contributed by atoms with Crippen LogP contribution in [-0.4, -0.2) is 22.9 Å². The van der Waals surface area contributed by atoms with E-state index in [1.807, 2.05) is 17.9 Å². The number of fused-ring (bicyclic) bond motifs is 1. The molecule has 3 heteroatoms. The van der Waals surface area contributed by atoms with Crippen LogP contribution >= 0.6 is 0 Å². The Hall–Kier alpha value is -1.35. The van der Waals surface area contributed by atoms with Crippen molar-refractivity contribution in [3.05, 3.63) is 30.0 Å². The summed E-state index contributed by atoms with van der Waals surface area (Å²) in [6.45, 7) is 2.23. The summed E-state index contributed by atoms with van der Waals surface area (Å²) in [6, 6.07) is 6.64. The van der Waals surface area contributed by atoms with Gasteiger partial charge >= 0.3 is 0 Å². The minimum absolute atomic E-state index is 0.708. The van der Waals surface area contributed by atoms with Crippen LogP contribution in [0, 0.1) is 0 Å². The van der Waals surface area contributed by atoms with E-state index in [0.717, 1.165) is 13.1 Å². The predicted molar refractivity (Wildman–Crippen MR) is 56.3 cm³/mol. The Balaban J connectivity index is 2.10. The van der Waals surface area contributed by atoms with E-state index in [-0.39, 0.29) is 0 Å². The Labute approximate surface area is 82.7 Å². The van der Waals surface area contributed by atoms with Gasteiger partial charge in [-0.15, -0.1) is 0 Å². The smallest absolute Gasteiger partial charge is 0.0679 e. The molecule has 1 saturated heterocycles. The fourth-order valence-electron chi connectivity index (χ4n) is 1.96. The maximum Gasteiger partial charge on any atom is 0.0679 e. The van der Waals surface area contributed by atoms with E-state index >= 15 is 0 Å². The number of hydrogen-bond donors (Lipinski definition) is 1. The van der Waals surface area contributed by atoms with Gasteiger partial charge in [-0.3, -0.25) is 4.68 Å². The first kappa shape index (κ1) is 8.00.